The smallest absolute Gasteiger partial charge is 0.258 e. The van der Waals surface area contributed by atoms with Gasteiger partial charge in [0.1, 0.15) is 0 Å². The Kier molecular flexibility index (Phi) is 3.42. The number of carbonyl (C=O) groups is 2. The molecule has 5 heteroatoms. The number of pyridine rings is 1. The average molecular weight is 307 g/mol. The summed E-state index contributed by atoms with van der Waals surface area (Å²) in [6, 6.07) is 12.2. The molecule has 2 aliphatic heterocycles. The van der Waals surface area contributed by atoms with Crippen LogP contribution in [-0.4, -0.2) is 40.7 Å². The molecule has 0 bridgehead atoms. The lowest BCUT2D eigenvalue weighted by molar-refractivity contribution is -0.121. The molecule has 0 saturated carbocycles. The van der Waals surface area contributed by atoms with Crippen molar-refractivity contribution >= 4 is 23.2 Å². The van der Waals surface area contributed by atoms with E-state index in [0.29, 0.717) is 11.4 Å². The number of Topliss-reactive ketones (excluding diaryl/α,β-unsaturated/α-hetero) is 1. The van der Waals surface area contributed by atoms with Gasteiger partial charge >= 0.3 is 0 Å². The van der Waals surface area contributed by atoms with E-state index in [1.807, 2.05) is 35.2 Å². The number of benzene rings is 1. The molecule has 1 aromatic carbocycles. The summed E-state index contributed by atoms with van der Waals surface area (Å²) < 4.78 is 0. The number of aromatic nitrogens is 1. The molecule has 5 nitrogen and oxygen atoms in total. The second-order valence-corrected chi connectivity index (χ2v) is 5.89. The van der Waals surface area contributed by atoms with Crippen LogP contribution in [0.1, 0.15) is 23.2 Å². The molecule has 1 amide bonds. The van der Waals surface area contributed by atoms with Crippen LogP contribution in [-0.2, 0) is 4.79 Å². The Morgan fingerprint density at radius 3 is 2.43 bits per heavy atom. The zero-order chi connectivity index (χ0) is 15.8. The molecule has 0 radical (unpaired) electrons. The molecule has 4 rings (SSSR count). The number of fused-ring (bicyclic) bond motifs is 1. The fourth-order valence-electron chi connectivity index (χ4n) is 3.40. The molecule has 1 saturated heterocycles. The maximum absolute atomic E-state index is 13.1. The molecule has 3 heterocycles. The van der Waals surface area contributed by atoms with Crippen LogP contribution in [0, 0.1) is 0 Å². The molecule has 2 aromatic rings. The summed E-state index contributed by atoms with van der Waals surface area (Å²) in [5.41, 5.74) is 1.27. The lowest BCUT2D eigenvalue weighted by Gasteiger charge is -2.35. The number of amides is 1. The van der Waals surface area contributed by atoms with E-state index in [0.717, 1.165) is 31.6 Å². The minimum atomic E-state index is -0.727. The Hall–Kier alpha value is -2.53. The standard InChI is InChI=1S/C18H17N3O2/c22-16-14-9-6-10-19-17(14)21(13-7-2-1-3-8-13)18(23)15(16)20-11-4-5-12-20/h1-3,6-10,15H,4-5,11-12H2. The molecule has 1 aromatic heterocycles. The number of para-hydroxylation sites is 1. The van der Waals surface area contributed by atoms with Gasteiger partial charge in [-0.25, -0.2) is 4.98 Å². The normalized spacial score (nSPS) is 21.6. The van der Waals surface area contributed by atoms with Crippen molar-refractivity contribution in [2.45, 2.75) is 18.9 Å². The predicted octanol–water partition coefficient (Wildman–Crippen LogP) is 2.41. The van der Waals surface area contributed by atoms with E-state index in [1.165, 1.54) is 0 Å². The third-order valence-corrected chi connectivity index (χ3v) is 4.49. The lowest BCUT2D eigenvalue weighted by atomic mass is 9.96. The van der Waals surface area contributed by atoms with Crippen LogP contribution in [0.5, 0.6) is 0 Å². The van der Waals surface area contributed by atoms with Gasteiger partial charge in [-0.05, 0) is 50.2 Å². The number of rotatable bonds is 2. The van der Waals surface area contributed by atoms with Crippen molar-refractivity contribution in [3.05, 3.63) is 54.2 Å². The van der Waals surface area contributed by atoms with Crippen molar-refractivity contribution in [1.82, 2.24) is 9.88 Å². The van der Waals surface area contributed by atoms with Gasteiger partial charge in [0.05, 0.1) is 11.3 Å². The Bertz CT molecular complexity index is 754. The number of carbonyl (C=O) groups excluding carboxylic acids is 2. The van der Waals surface area contributed by atoms with E-state index in [-0.39, 0.29) is 11.7 Å². The second kappa shape index (κ2) is 5.59. The van der Waals surface area contributed by atoms with E-state index in [2.05, 4.69) is 4.98 Å². The maximum Gasteiger partial charge on any atom is 0.258 e. The van der Waals surface area contributed by atoms with Crippen LogP contribution in [0.3, 0.4) is 0 Å². The third-order valence-electron chi connectivity index (χ3n) is 4.49. The molecule has 0 aliphatic carbocycles. The third kappa shape index (κ3) is 2.24. The van der Waals surface area contributed by atoms with Crippen molar-refractivity contribution in [3.63, 3.8) is 0 Å². The molecule has 0 N–H and O–H groups in total. The van der Waals surface area contributed by atoms with Crippen molar-refractivity contribution in [2.75, 3.05) is 18.0 Å². The van der Waals surface area contributed by atoms with Gasteiger partial charge in [0.2, 0.25) is 0 Å². The number of nitrogens with zero attached hydrogens (tertiary/aromatic N) is 3. The van der Waals surface area contributed by atoms with E-state index in [1.54, 1.807) is 23.2 Å². The number of anilines is 2. The molecule has 1 fully saturated rings. The fourth-order valence-corrected chi connectivity index (χ4v) is 3.40. The van der Waals surface area contributed by atoms with Gasteiger partial charge in [0.25, 0.3) is 5.91 Å². The quantitative estimate of drug-likeness (QED) is 0.800. The van der Waals surface area contributed by atoms with E-state index in [9.17, 15) is 9.59 Å². The fraction of sp³-hybridized carbons (Fsp3) is 0.278. The summed E-state index contributed by atoms with van der Waals surface area (Å²) >= 11 is 0. The van der Waals surface area contributed by atoms with Gasteiger partial charge in [0, 0.05) is 6.20 Å². The van der Waals surface area contributed by atoms with Gasteiger partial charge in [0.15, 0.2) is 17.6 Å². The second-order valence-electron chi connectivity index (χ2n) is 5.89. The van der Waals surface area contributed by atoms with Crippen molar-refractivity contribution < 1.29 is 9.59 Å². The summed E-state index contributed by atoms with van der Waals surface area (Å²) in [4.78, 5) is 33.9. The highest BCUT2D eigenvalue weighted by molar-refractivity contribution is 6.26. The molecule has 1 unspecified atom stereocenters. The maximum atomic E-state index is 13.1. The first kappa shape index (κ1) is 14.1. The van der Waals surface area contributed by atoms with E-state index >= 15 is 0 Å². The molecular formula is C18H17N3O2. The van der Waals surface area contributed by atoms with Crippen molar-refractivity contribution in [1.29, 1.82) is 0 Å². The van der Waals surface area contributed by atoms with E-state index < -0.39 is 6.04 Å². The molecule has 116 valence electrons. The predicted molar refractivity (Wildman–Crippen MR) is 86.8 cm³/mol. The first-order chi connectivity index (χ1) is 11.3. The Balaban J connectivity index is 1.85. The highest BCUT2D eigenvalue weighted by Crippen LogP contribution is 2.34. The van der Waals surface area contributed by atoms with E-state index in [4.69, 9.17) is 0 Å². The summed E-state index contributed by atoms with van der Waals surface area (Å²) in [6.45, 7) is 1.58. The SMILES string of the molecule is O=C1c2cccnc2N(c2ccccc2)C(=O)C1N1CCCC1. The van der Waals surface area contributed by atoms with Crippen LogP contribution in [0.2, 0.25) is 0 Å². The molecule has 2 aliphatic rings. The number of hydrogen-bond donors (Lipinski definition) is 0. The minimum Gasteiger partial charge on any atom is -0.292 e. The lowest BCUT2D eigenvalue weighted by Crippen LogP contribution is -2.54. The first-order valence-corrected chi connectivity index (χ1v) is 7.89. The van der Waals surface area contributed by atoms with Crippen molar-refractivity contribution in [3.8, 4) is 0 Å². The first-order valence-electron chi connectivity index (χ1n) is 7.89. The summed E-state index contributed by atoms with van der Waals surface area (Å²) in [5.74, 6) is 0.102. The molecule has 23 heavy (non-hydrogen) atoms. The Labute approximate surface area is 134 Å². The van der Waals surface area contributed by atoms with Gasteiger partial charge in [-0.1, -0.05) is 18.2 Å². The molecule has 1 atom stereocenters. The average Bonchev–Trinajstić information content (AvgIpc) is 3.10. The number of likely N-dealkylation sites (tertiary alicyclic amines) is 1. The Morgan fingerprint density at radius 1 is 0.957 bits per heavy atom. The number of hydrogen-bond acceptors (Lipinski definition) is 4. The van der Waals surface area contributed by atoms with Gasteiger partial charge in [-0.3, -0.25) is 19.4 Å². The zero-order valence-corrected chi connectivity index (χ0v) is 12.7. The van der Waals surface area contributed by atoms with Gasteiger partial charge < -0.3 is 0 Å². The highest BCUT2D eigenvalue weighted by Gasteiger charge is 2.44. The zero-order valence-electron chi connectivity index (χ0n) is 12.7. The van der Waals surface area contributed by atoms with Crippen LogP contribution in [0.4, 0.5) is 11.5 Å². The van der Waals surface area contributed by atoms with Crippen LogP contribution in [0.15, 0.2) is 48.7 Å². The van der Waals surface area contributed by atoms with Crippen LogP contribution < -0.4 is 4.90 Å². The van der Waals surface area contributed by atoms with Crippen LogP contribution >= 0.6 is 0 Å². The summed E-state index contributed by atoms with van der Waals surface area (Å²) in [7, 11) is 0. The molecular weight excluding hydrogens is 290 g/mol. The largest absolute Gasteiger partial charge is 0.292 e. The summed E-state index contributed by atoms with van der Waals surface area (Å²) in [5, 5.41) is 0. The van der Waals surface area contributed by atoms with Gasteiger partial charge in [-0.2, -0.15) is 0 Å². The Morgan fingerprint density at radius 2 is 1.70 bits per heavy atom. The van der Waals surface area contributed by atoms with Gasteiger partial charge in [-0.15, -0.1) is 0 Å². The molecule has 0 spiro atoms. The van der Waals surface area contributed by atoms with Crippen molar-refractivity contribution in [2.24, 2.45) is 0 Å². The summed E-state index contributed by atoms with van der Waals surface area (Å²) in [6.07, 6.45) is 3.68. The van der Waals surface area contributed by atoms with Crippen LogP contribution in [0.25, 0.3) is 0 Å². The highest BCUT2D eigenvalue weighted by atomic mass is 16.2. The minimum absolute atomic E-state index is 0.132. The number of ketones is 1. The topological polar surface area (TPSA) is 53.5 Å². The monoisotopic (exact) mass is 307 g/mol.